The van der Waals surface area contributed by atoms with E-state index in [0.29, 0.717) is 16.6 Å². The van der Waals surface area contributed by atoms with Crippen molar-refractivity contribution in [1.29, 1.82) is 0 Å². The van der Waals surface area contributed by atoms with Gasteiger partial charge in [-0.2, -0.15) is 0 Å². The second kappa shape index (κ2) is 5.62. The molecule has 2 heterocycles. The molecule has 1 aliphatic rings. The molecule has 5 nitrogen and oxygen atoms in total. The molecule has 0 spiro atoms. The predicted octanol–water partition coefficient (Wildman–Crippen LogP) is 3.72. The molecule has 0 radical (unpaired) electrons. The van der Waals surface area contributed by atoms with E-state index in [9.17, 15) is 4.79 Å². The van der Waals surface area contributed by atoms with E-state index in [1.165, 1.54) is 11.3 Å². The van der Waals surface area contributed by atoms with E-state index in [1.54, 1.807) is 6.07 Å². The van der Waals surface area contributed by atoms with Crippen LogP contribution in [-0.2, 0) is 17.6 Å². The molecular formula is C16H15ClN4OS. The van der Waals surface area contributed by atoms with Gasteiger partial charge in [-0.05, 0) is 38.0 Å². The number of aromatic nitrogens is 3. The highest BCUT2D eigenvalue weighted by molar-refractivity contribution is 7.22. The van der Waals surface area contributed by atoms with E-state index in [-0.39, 0.29) is 11.8 Å². The molecule has 0 bridgehead atoms. The molecule has 1 aliphatic carbocycles. The minimum absolute atomic E-state index is 0.0213. The first kappa shape index (κ1) is 14.7. The van der Waals surface area contributed by atoms with Crippen molar-refractivity contribution in [3.8, 4) is 0 Å². The Morgan fingerprint density at radius 3 is 3.17 bits per heavy atom. The average Bonchev–Trinajstić information content (AvgIpc) is 3.07. The first-order valence-electron chi connectivity index (χ1n) is 7.50. The Morgan fingerprint density at radius 1 is 1.43 bits per heavy atom. The lowest BCUT2D eigenvalue weighted by atomic mass is 9.89. The average molecular weight is 347 g/mol. The number of aryl methyl sites for hydroxylation is 2. The van der Waals surface area contributed by atoms with E-state index in [1.807, 2.05) is 19.1 Å². The topological polar surface area (TPSA) is 70.7 Å². The van der Waals surface area contributed by atoms with Crippen molar-refractivity contribution in [1.82, 2.24) is 15.0 Å². The molecule has 1 amide bonds. The quantitative estimate of drug-likeness (QED) is 0.742. The van der Waals surface area contributed by atoms with Crippen LogP contribution in [0.3, 0.4) is 0 Å². The molecule has 2 aromatic heterocycles. The zero-order chi connectivity index (χ0) is 16.0. The summed E-state index contributed by atoms with van der Waals surface area (Å²) >= 11 is 7.43. The second-order valence-electron chi connectivity index (χ2n) is 5.81. The minimum Gasteiger partial charge on any atom is -0.346 e. The van der Waals surface area contributed by atoms with E-state index in [4.69, 9.17) is 11.6 Å². The Morgan fingerprint density at radius 2 is 2.30 bits per heavy atom. The highest BCUT2D eigenvalue weighted by Crippen LogP contribution is 2.30. The molecular weight excluding hydrogens is 332 g/mol. The van der Waals surface area contributed by atoms with Gasteiger partial charge in [0.25, 0.3) is 0 Å². The predicted molar refractivity (Wildman–Crippen MR) is 92.1 cm³/mol. The molecule has 0 fully saturated rings. The Kier molecular flexibility index (Phi) is 3.58. The SMILES string of the molecule is Cc1nc2c([nH]1)CC(C(=O)Nc1nc3ccc(Cl)cc3s1)CC2. The van der Waals surface area contributed by atoms with Crippen LogP contribution in [0.15, 0.2) is 18.2 Å². The third-order valence-corrected chi connectivity index (χ3v) is 5.28. The Bertz CT molecular complexity index is 901. The molecule has 1 atom stereocenters. The van der Waals surface area contributed by atoms with Crippen LogP contribution >= 0.6 is 22.9 Å². The van der Waals surface area contributed by atoms with Crippen molar-refractivity contribution >= 4 is 44.2 Å². The summed E-state index contributed by atoms with van der Waals surface area (Å²) in [6.07, 6.45) is 2.37. The van der Waals surface area contributed by atoms with Crippen LogP contribution in [0.25, 0.3) is 10.2 Å². The van der Waals surface area contributed by atoms with Gasteiger partial charge in [0, 0.05) is 23.1 Å². The van der Waals surface area contributed by atoms with Crippen molar-refractivity contribution in [3.05, 3.63) is 40.4 Å². The van der Waals surface area contributed by atoms with E-state index < -0.39 is 0 Å². The van der Waals surface area contributed by atoms with E-state index in [2.05, 4.69) is 20.3 Å². The van der Waals surface area contributed by atoms with Gasteiger partial charge in [0.2, 0.25) is 5.91 Å². The normalized spacial score (nSPS) is 17.2. The summed E-state index contributed by atoms with van der Waals surface area (Å²) in [7, 11) is 0. The number of nitrogens with one attached hydrogen (secondary N) is 2. The number of fused-ring (bicyclic) bond motifs is 2. The Hall–Kier alpha value is -1.92. The third-order valence-electron chi connectivity index (χ3n) is 4.11. The van der Waals surface area contributed by atoms with Crippen molar-refractivity contribution < 1.29 is 4.79 Å². The lowest BCUT2D eigenvalue weighted by Gasteiger charge is -2.19. The largest absolute Gasteiger partial charge is 0.346 e. The van der Waals surface area contributed by atoms with Gasteiger partial charge in [-0.15, -0.1) is 0 Å². The van der Waals surface area contributed by atoms with Gasteiger partial charge < -0.3 is 10.3 Å². The van der Waals surface area contributed by atoms with Gasteiger partial charge in [-0.25, -0.2) is 9.97 Å². The smallest absolute Gasteiger partial charge is 0.229 e. The van der Waals surface area contributed by atoms with Gasteiger partial charge in [-0.1, -0.05) is 22.9 Å². The van der Waals surface area contributed by atoms with Crippen LogP contribution in [0.2, 0.25) is 5.02 Å². The van der Waals surface area contributed by atoms with Crippen LogP contribution < -0.4 is 5.32 Å². The highest BCUT2D eigenvalue weighted by Gasteiger charge is 2.27. The van der Waals surface area contributed by atoms with Crippen LogP contribution in [0.1, 0.15) is 23.6 Å². The zero-order valence-electron chi connectivity index (χ0n) is 12.5. The fraction of sp³-hybridized carbons (Fsp3) is 0.312. The molecule has 2 N–H and O–H groups in total. The van der Waals surface area contributed by atoms with Crippen LogP contribution in [0.5, 0.6) is 0 Å². The van der Waals surface area contributed by atoms with Crippen molar-refractivity contribution in [2.45, 2.75) is 26.2 Å². The second-order valence-corrected chi connectivity index (χ2v) is 7.27. The van der Waals surface area contributed by atoms with Crippen LogP contribution in [0.4, 0.5) is 5.13 Å². The third kappa shape index (κ3) is 2.84. The van der Waals surface area contributed by atoms with Gasteiger partial charge in [-0.3, -0.25) is 4.79 Å². The molecule has 7 heteroatoms. The van der Waals surface area contributed by atoms with Gasteiger partial charge in [0.15, 0.2) is 5.13 Å². The summed E-state index contributed by atoms with van der Waals surface area (Å²) in [6.45, 7) is 1.94. The molecule has 23 heavy (non-hydrogen) atoms. The number of hydrogen-bond acceptors (Lipinski definition) is 4. The van der Waals surface area contributed by atoms with Gasteiger partial charge in [0.05, 0.1) is 15.9 Å². The Balaban J connectivity index is 1.51. The molecule has 118 valence electrons. The minimum atomic E-state index is -0.0436. The number of aromatic amines is 1. The van der Waals surface area contributed by atoms with E-state index in [0.717, 1.165) is 40.3 Å². The molecule has 0 saturated heterocycles. The summed E-state index contributed by atoms with van der Waals surface area (Å²) in [5.74, 6) is 0.894. The number of nitrogens with zero attached hydrogens (tertiary/aromatic N) is 2. The van der Waals surface area contributed by atoms with Gasteiger partial charge in [0.1, 0.15) is 5.82 Å². The van der Waals surface area contributed by atoms with Crippen molar-refractivity contribution in [2.75, 3.05) is 5.32 Å². The molecule has 0 saturated carbocycles. The number of halogens is 1. The maximum Gasteiger partial charge on any atom is 0.229 e. The number of anilines is 1. The zero-order valence-corrected chi connectivity index (χ0v) is 14.1. The number of benzene rings is 1. The van der Waals surface area contributed by atoms with E-state index >= 15 is 0 Å². The van der Waals surface area contributed by atoms with Gasteiger partial charge >= 0.3 is 0 Å². The first-order chi connectivity index (χ1) is 11.1. The highest BCUT2D eigenvalue weighted by atomic mass is 35.5. The summed E-state index contributed by atoms with van der Waals surface area (Å²) in [5, 5.41) is 4.25. The molecule has 4 rings (SSSR count). The monoisotopic (exact) mass is 346 g/mol. The molecule has 0 aliphatic heterocycles. The fourth-order valence-electron chi connectivity index (χ4n) is 3.01. The summed E-state index contributed by atoms with van der Waals surface area (Å²) in [6, 6.07) is 5.53. The summed E-state index contributed by atoms with van der Waals surface area (Å²) in [5.41, 5.74) is 3.04. The number of hydrogen-bond donors (Lipinski definition) is 2. The lowest BCUT2D eigenvalue weighted by molar-refractivity contribution is -0.120. The number of rotatable bonds is 2. The molecule has 3 aromatic rings. The number of carbonyl (C=O) groups excluding carboxylic acids is 1. The number of thiazole rings is 1. The Labute approximate surface area is 142 Å². The fourth-order valence-corrected chi connectivity index (χ4v) is 4.15. The standard InChI is InChI=1S/C16H15ClN4OS/c1-8-18-11-4-2-9(6-13(11)19-8)15(22)21-16-20-12-5-3-10(17)7-14(12)23-16/h3,5,7,9H,2,4,6H2,1H3,(H,18,19)(H,20,21,22). The molecule has 1 aromatic carbocycles. The number of carbonyl (C=O) groups is 1. The lowest BCUT2D eigenvalue weighted by Crippen LogP contribution is -2.28. The van der Waals surface area contributed by atoms with Crippen molar-refractivity contribution in [3.63, 3.8) is 0 Å². The number of amides is 1. The first-order valence-corrected chi connectivity index (χ1v) is 8.69. The number of imidazole rings is 1. The number of H-pyrrole nitrogens is 1. The van der Waals surface area contributed by atoms with Crippen LogP contribution in [0, 0.1) is 12.8 Å². The van der Waals surface area contributed by atoms with Crippen LogP contribution in [-0.4, -0.2) is 20.9 Å². The summed E-state index contributed by atoms with van der Waals surface area (Å²) in [4.78, 5) is 24.7. The molecule has 1 unspecified atom stereocenters. The summed E-state index contributed by atoms with van der Waals surface area (Å²) < 4.78 is 0.975. The maximum atomic E-state index is 12.5. The maximum absolute atomic E-state index is 12.5. The van der Waals surface area contributed by atoms with Crippen molar-refractivity contribution in [2.24, 2.45) is 5.92 Å².